The molecule has 0 spiro atoms. The van der Waals surface area contributed by atoms with E-state index in [1.54, 1.807) is 10.4 Å². The third kappa shape index (κ3) is 3.34. The minimum absolute atomic E-state index is 0.332. The molecule has 136 valence electrons. The summed E-state index contributed by atoms with van der Waals surface area (Å²) in [6.45, 7) is 1.12. The summed E-state index contributed by atoms with van der Waals surface area (Å²) in [6, 6.07) is 13.1. The number of allylic oxidation sites excluding steroid dienone is 4. The van der Waals surface area contributed by atoms with Crippen molar-refractivity contribution in [1.29, 1.82) is 0 Å². The Kier molecular flexibility index (Phi) is 4.91. The lowest BCUT2D eigenvalue weighted by atomic mass is 9.83. The minimum Gasteiger partial charge on any atom is -0.207 e. The van der Waals surface area contributed by atoms with E-state index in [0.717, 1.165) is 35.1 Å². The Morgan fingerprint density at radius 1 is 1.00 bits per heavy atom. The molecule has 3 nitrogen and oxygen atoms in total. The van der Waals surface area contributed by atoms with E-state index in [2.05, 4.69) is 18.2 Å². The number of fused-ring (bicyclic) bond motifs is 1. The summed E-state index contributed by atoms with van der Waals surface area (Å²) in [7, 11) is -3.48. The van der Waals surface area contributed by atoms with E-state index in [-0.39, 0.29) is 0 Å². The first-order valence-electron chi connectivity index (χ1n) is 9.06. The molecule has 1 aliphatic heterocycles. The van der Waals surface area contributed by atoms with Crippen LogP contribution in [0.1, 0.15) is 19.3 Å². The predicted octanol–water partition coefficient (Wildman–Crippen LogP) is 4.94. The van der Waals surface area contributed by atoms with E-state index in [0.29, 0.717) is 29.8 Å². The summed E-state index contributed by atoms with van der Waals surface area (Å²) in [5, 5.41) is 2.64. The maximum Gasteiger partial charge on any atom is 0.243 e. The van der Waals surface area contributed by atoms with Gasteiger partial charge in [0.1, 0.15) is 0 Å². The maximum absolute atomic E-state index is 13.2. The van der Waals surface area contributed by atoms with Crippen LogP contribution in [-0.4, -0.2) is 25.8 Å². The molecule has 1 fully saturated rings. The quantitative estimate of drug-likeness (QED) is 0.699. The van der Waals surface area contributed by atoms with Crippen molar-refractivity contribution < 1.29 is 8.42 Å². The lowest BCUT2D eigenvalue weighted by molar-refractivity contribution is 0.250. The van der Waals surface area contributed by atoms with E-state index in [9.17, 15) is 8.42 Å². The molecule has 0 bridgehead atoms. The zero-order chi connectivity index (χ0) is 18.1. The Labute approximate surface area is 160 Å². The van der Waals surface area contributed by atoms with E-state index in [1.807, 2.05) is 36.4 Å². The lowest BCUT2D eigenvalue weighted by Crippen LogP contribution is -2.39. The zero-order valence-electron chi connectivity index (χ0n) is 14.5. The molecule has 1 atom stereocenters. The van der Waals surface area contributed by atoms with Gasteiger partial charge >= 0.3 is 0 Å². The van der Waals surface area contributed by atoms with Crippen molar-refractivity contribution in [2.75, 3.05) is 13.1 Å². The topological polar surface area (TPSA) is 37.4 Å². The van der Waals surface area contributed by atoms with Crippen molar-refractivity contribution in [2.24, 2.45) is 11.8 Å². The molecule has 2 aliphatic rings. The summed E-state index contributed by atoms with van der Waals surface area (Å²) >= 11 is 6.17. The molecule has 1 heterocycles. The van der Waals surface area contributed by atoms with Gasteiger partial charge in [0, 0.05) is 29.9 Å². The molecular weight excluding hydrogens is 366 g/mol. The second-order valence-electron chi connectivity index (χ2n) is 7.04. The normalized spacial score (nSPS) is 22.5. The standard InChI is InChI=1S/C21H22ClNO2S/c22-19-8-3-7-18(15-19)16-11-13-23(14-12-16)26(24,25)21-10-4-6-17-5-1-2-9-20(17)21/h1-7,9-10,15-16,18H,8,11-14H2. The maximum atomic E-state index is 13.2. The van der Waals surface area contributed by atoms with Crippen LogP contribution in [0, 0.1) is 11.8 Å². The number of piperidine rings is 1. The molecule has 0 aromatic heterocycles. The molecule has 5 heteroatoms. The number of hydrogen-bond donors (Lipinski definition) is 0. The first kappa shape index (κ1) is 17.8. The Balaban J connectivity index is 1.55. The average molecular weight is 388 g/mol. The van der Waals surface area contributed by atoms with Crippen LogP contribution < -0.4 is 0 Å². The van der Waals surface area contributed by atoms with Crippen LogP contribution in [0.2, 0.25) is 0 Å². The molecule has 2 aromatic rings. The Morgan fingerprint density at radius 3 is 2.50 bits per heavy atom. The average Bonchev–Trinajstić information content (AvgIpc) is 2.67. The van der Waals surface area contributed by atoms with Gasteiger partial charge in [-0.05, 0) is 36.1 Å². The third-order valence-electron chi connectivity index (χ3n) is 5.45. The van der Waals surface area contributed by atoms with Crippen LogP contribution in [0.15, 0.2) is 70.6 Å². The lowest BCUT2D eigenvalue weighted by Gasteiger charge is -2.34. The first-order chi connectivity index (χ1) is 12.6. The number of benzene rings is 2. The fourth-order valence-electron chi connectivity index (χ4n) is 4.02. The zero-order valence-corrected chi connectivity index (χ0v) is 16.1. The highest BCUT2D eigenvalue weighted by molar-refractivity contribution is 7.89. The number of rotatable bonds is 3. The SMILES string of the molecule is O=S(=O)(c1cccc2ccccc12)N1CCC(C2C=CCC(Cl)=C2)CC1. The van der Waals surface area contributed by atoms with Gasteiger partial charge in [0.15, 0.2) is 0 Å². The Hall–Kier alpha value is -1.62. The van der Waals surface area contributed by atoms with Crippen molar-refractivity contribution in [2.45, 2.75) is 24.2 Å². The number of halogens is 1. The molecule has 0 saturated carbocycles. The van der Waals surface area contributed by atoms with Crippen LogP contribution in [0.3, 0.4) is 0 Å². The van der Waals surface area contributed by atoms with Crippen LogP contribution in [-0.2, 0) is 10.0 Å². The van der Waals surface area contributed by atoms with E-state index in [4.69, 9.17) is 11.6 Å². The van der Waals surface area contributed by atoms with Gasteiger partial charge in [0.05, 0.1) is 4.90 Å². The summed E-state index contributed by atoms with van der Waals surface area (Å²) < 4.78 is 28.1. The van der Waals surface area contributed by atoms with Crippen molar-refractivity contribution in [1.82, 2.24) is 4.31 Å². The van der Waals surface area contributed by atoms with E-state index < -0.39 is 10.0 Å². The second kappa shape index (κ2) is 7.18. The Morgan fingerprint density at radius 2 is 1.73 bits per heavy atom. The van der Waals surface area contributed by atoms with E-state index in [1.165, 1.54) is 0 Å². The molecule has 2 aromatic carbocycles. The second-order valence-corrected chi connectivity index (χ2v) is 9.43. The Bertz CT molecular complexity index is 967. The molecular formula is C21H22ClNO2S. The van der Waals surface area contributed by atoms with Gasteiger partial charge in [-0.25, -0.2) is 8.42 Å². The van der Waals surface area contributed by atoms with Gasteiger partial charge in [-0.3, -0.25) is 0 Å². The van der Waals surface area contributed by atoms with Gasteiger partial charge in [-0.1, -0.05) is 66.2 Å². The van der Waals surface area contributed by atoms with Crippen LogP contribution >= 0.6 is 11.6 Å². The molecule has 1 unspecified atom stereocenters. The van der Waals surface area contributed by atoms with Gasteiger partial charge in [-0.2, -0.15) is 4.31 Å². The molecule has 4 rings (SSSR count). The largest absolute Gasteiger partial charge is 0.243 e. The summed E-state index contributed by atoms with van der Waals surface area (Å²) in [6.07, 6.45) is 8.99. The van der Waals surface area contributed by atoms with Gasteiger partial charge in [-0.15, -0.1) is 0 Å². The highest BCUT2D eigenvalue weighted by Gasteiger charge is 2.32. The smallest absolute Gasteiger partial charge is 0.207 e. The number of hydrogen-bond acceptors (Lipinski definition) is 2. The fraction of sp³-hybridized carbons (Fsp3) is 0.333. The van der Waals surface area contributed by atoms with Crippen molar-refractivity contribution in [3.63, 3.8) is 0 Å². The van der Waals surface area contributed by atoms with Gasteiger partial charge in [0.2, 0.25) is 10.0 Å². The van der Waals surface area contributed by atoms with Gasteiger partial charge in [0.25, 0.3) is 0 Å². The van der Waals surface area contributed by atoms with Crippen LogP contribution in [0.25, 0.3) is 10.8 Å². The predicted molar refractivity (Wildman–Crippen MR) is 107 cm³/mol. The van der Waals surface area contributed by atoms with E-state index >= 15 is 0 Å². The molecule has 0 radical (unpaired) electrons. The number of nitrogens with zero attached hydrogens (tertiary/aromatic N) is 1. The summed E-state index contributed by atoms with van der Waals surface area (Å²) in [4.78, 5) is 0.412. The van der Waals surface area contributed by atoms with Crippen molar-refractivity contribution >= 4 is 32.4 Å². The molecule has 0 N–H and O–H groups in total. The molecule has 1 saturated heterocycles. The summed E-state index contributed by atoms with van der Waals surface area (Å²) in [5.74, 6) is 0.790. The molecule has 1 aliphatic carbocycles. The first-order valence-corrected chi connectivity index (χ1v) is 10.9. The molecule has 26 heavy (non-hydrogen) atoms. The summed E-state index contributed by atoms with van der Waals surface area (Å²) in [5.41, 5.74) is 0. The highest BCUT2D eigenvalue weighted by Crippen LogP contribution is 2.34. The fourth-order valence-corrected chi connectivity index (χ4v) is 5.94. The monoisotopic (exact) mass is 387 g/mol. The third-order valence-corrected chi connectivity index (χ3v) is 7.69. The number of sulfonamides is 1. The highest BCUT2D eigenvalue weighted by atomic mass is 35.5. The van der Waals surface area contributed by atoms with Gasteiger partial charge < -0.3 is 0 Å². The molecule has 0 amide bonds. The van der Waals surface area contributed by atoms with Crippen molar-refractivity contribution in [3.8, 4) is 0 Å². The minimum atomic E-state index is -3.48. The van der Waals surface area contributed by atoms with Crippen LogP contribution in [0.5, 0.6) is 0 Å². The van der Waals surface area contributed by atoms with Crippen LogP contribution in [0.4, 0.5) is 0 Å². The van der Waals surface area contributed by atoms with Crippen molar-refractivity contribution in [3.05, 3.63) is 65.7 Å².